The van der Waals surface area contributed by atoms with E-state index in [0.717, 1.165) is 4.90 Å². The molecule has 13 heteroatoms. The Kier molecular flexibility index (Phi) is 15.8. The van der Waals surface area contributed by atoms with Crippen molar-refractivity contribution in [1.29, 1.82) is 0 Å². The van der Waals surface area contributed by atoms with Crippen molar-refractivity contribution in [2.24, 2.45) is 4.99 Å². The van der Waals surface area contributed by atoms with Crippen LogP contribution < -0.4 is 0 Å². The number of aliphatic imine (C=N–C) groups is 1. The molecule has 3 radical (unpaired) electrons. The summed E-state index contributed by atoms with van der Waals surface area (Å²) in [4.78, 5) is 48.2. The predicted octanol–water partition coefficient (Wildman–Crippen LogP) is -2.93. The monoisotopic (exact) mass is 357 g/mol. The first-order valence-electron chi connectivity index (χ1n) is 5.46. The van der Waals surface area contributed by atoms with Crippen molar-refractivity contribution in [2.45, 2.75) is 18.5 Å². The van der Waals surface area contributed by atoms with E-state index in [0.29, 0.717) is 0 Å². The smallest absolute Gasteiger partial charge is 0.352 e. The predicted molar refractivity (Wildman–Crippen MR) is 79.0 cm³/mol. The molecule has 1 rings (SSSR count). The van der Waals surface area contributed by atoms with Gasteiger partial charge >= 0.3 is 23.9 Å². The Morgan fingerprint density at radius 3 is 1.96 bits per heavy atom. The summed E-state index contributed by atoms with van der Waals surface area (Å²) in [6.07, 6.45) is -0.841. The van der Waals surface area contributed by atoms with Gasteiger partial charge in [0.2, 0.25) is 0 Å². The second-order valence-corrected chi connectivity index (χ2v) is 4.00. The third-order valence-electron chi connectivity index (χ3n) is 2.74. The van der Waals surface area contributed by atoms with Crippen LogP contribution in [0.3, 0.4) is 0 Å². The van der Waals surface area contributed by atoms with Crippen LogP contribution in [-0.4, -0.2) is 169 Å². The first-order chi connectivity index (χ1) is 9.25. The fourth-order valence-electron chi connectivity index (χ4n) is 1.95. The number of rotatable bonds is 6. The molecule has 113 valence electrons. The number of carboxylic acids is 4. The van der Waals surface area contributed by atoms with E-state index in [1.807, 2.05) is 0 Å². The maximum absolute atomic E-state index is 11.2. The molecule has 1 aliphatic heterocycles. The van der Waals surface area contributed by atoms with E-state index in [2.05, 4.69) is 4.99 Å². The van der Waals surface area contributed by atoms with Gasteiger partial charge in [0, 0.05) is 95.2 Å². The van der Waals surface area contributed by atoms with E-state index in [1.165, 1.54) is 0 Å². The van der Waals surface area contributed by atoms with Crippen LogP contribution in [0.4, 0.5) is 0 Å². The molecule has 2 atom stereocenters. The molecular formula is C10H12N2Na3O8. The number of hydrogen-bond acceptors (Lipinski definition) is 6. The SMILES string of the molecule is O=C(O)C[C@@H](C(=O)O)N1CCN=C(C(=O)O)[C@H]1C(=O)O.[Na].[Na].[Na]. The van der Waals surface area contributed by atoms with Crippen molar-refractivity contribution in [3.63, 3.8) is 0 Å². The fourth-order valence-corrected chi connectivity index (χ4v) is 1.95. The van der Waals surface area contributed by atoms with Gasteiger partial charge < -0.3 is 20.4 Å². The molecule has 0 fully saturated rings. The molecular weight excluding hydrogens is 345 g/mol. The molecule has 4 N–H and O–H groups in total. The maximum Gasteiger partial charge on any atom is 0.352 e. The van der Waals surface area contributed by atoms with Gasteiger partial charge in [0.15, 0.2) is 6.04 Å². The normalized spacial score (nSPS) is 18.1. The van der Waals surface area contributed by atoms with E-state index in [9.17, 15) is 19.2 Å². The molecule has 0 unspecified atom stereocenters. The van der Waals surface area contributed by atoms with Crippen LogP contribution in [0.25, 0.3) is 0 Å². The number of hydrogen-bond donors (Lipinski definition) is 4. The van der Waals surface area contributed by atoms with Gasteiger partial charge in [-0.05, 0) is 0 Å². The Morgan fingerprint density at radius 1 is 1.09 bits per heavy atom. The van der Waals surface area contributed by atoms with Crippen molar-refractivity contribution in [3.05, 3.63) is 0 Å². The molecule has 0 saturated heterocycles. The standard InChI is InChI=1S/C10H12N2O8.3Na/c13-5(14)3-4(8(15)16)12-2-1-11-6(9(17)18)7(12)10(19)20;;;/h4,7H,1-3H2,(H,13,14)(H,15,16)(H,17,18)(H,19,20);;;/t4-,7-;;;/m0.../s1. The molecule has 0 aromatic heterocycles. The number of aliphatic carboxylic acids is 4. The average molecular weight is 357 g/mol. The zero-order chi connectivity index (χ0) is 15.4. The van der Waals surface area contributed by atoms with Gasteiger partial charge in [-0.3, -0.25) is 24.3 Å². The first-order valence-corrected chi connectivity index (χ1v) is 5.46. The number of carbonyl (C=O) groups is 4. The Labute approximate surface area is 197 Å². The van der Waals surface area contributed by atoms with Crippen molar-refractivity contribution < 1.29 is 39.6 Å². The minimum Gasteiger partial charge on any atom is -0.481 e. The van der Waals surface area contributed by atoms with Crippen LogP contribution >= 0.6 is 0 Å². The van der Waals surface area contributed by atoms with Crippen LogP contribution in [0.15, 0.2) is 4.99 Å². The second kappa shape index (κ2) is 12.8. The zero-order valence-electron chi connectivity index (χ0n) is 13.1. The Hall–Kier alpha value is 0.510. The summed E-state index contributed by atoms with van der Waals surface area (Å²) in [5.41, 5.74) is -0.708. The van der Waals surface area contributed by atoms with Gasteiger partial charge in [0.05, 0.1) is 13.0 Å². The zero-order valence-corrected chi connectivity index (χ0v) is 19.1. The summed E-state index contributed by atoms with van der Waals surface area (Å²) in [6, 6.07) is -3.43. The van der Waals surface area contributed by atoms with Crippen molar-refractivity contribution in [1.82, 2.24) is 4.90 Å². The maximum atomic E-state index is 11.2. The largest absolute Gasteiger partial charge is 0.481 e. The molecule has 0 aromatic rings. The summed E-state index contributed by atoms with van der Waals surface area (Å²) in [6.45, 7) is -0.271. The van der Waals surface area contributed by atoms with Crippen LogP contribution in [0, 0.1) is 0 Å². The Balaban J connectivity index is -0.00000133. The Bertz CT molecular complexity index is 498. The van der Waals surface area contributed by atoms with Gasteiger partial charge in [0.25, 0.3) is 0 Å². The van der Waals surface area contributed by atoms with E-state index in [4.69, 9.17) is 20.4 Å². The molecule has 0 spiro atoms. The van der Waals surface area contributed by atoms with Crippen LogP contribution in [-0.2, 0) is 19.2 Å². The minimum atomic E-state index is -1.79. The van der Waals surface area contributed by atoms with Crippen LogP contribution in [0.1, 0.15) is 6.42 Å². The average Bonchev–Trinajstić information content (AvgIpc) is 2.34. The summed E-state index contributed by atoms with van der Waals surface area (Å²) < 4.78 is 0. The third-order valence-corrected chi connectivity index (χ3v) is 2.74. The molecule has 0 aliphatic carbocycles. The van der Waals surface area contributed by atoms with Crippen LogP contribution in [0.5, 0.6) is 0 Å². The van der Waals surface area contributed by atoms with E-state index in [-0.39, 0.29) is 102 Å². The summed E-state index contributed by atoms with van der Waals surface area (Å²) in [5.74, 6) is -6.14. The molecule has 0 amide bonds. The molecule has 0 aromatic carbocycles. The molecule has 1 heterocycles. The van der Waals surface area contributed by atoms with Gasteiger partial charge in [-0.15, -0.1) is 0 Å². The van der Waals surface area contributed by atoms with E-state index >= 15 is 0 Å². The second-order valence-electron chi connectivity index (χ2n) is 4.00. The van der Waals surface area contributed by atoms with Crippen molar-refractivity contribution in [2.75, 3.05) is 13.1 Å². The van der Waals surface area contributed by atoms with Crippen molar-refractivity contribution in [3.8, 4) is 0 Å². The molecule has 10 nitrogen and oxygen atoms in total. The fraction of sp³-hybridized carbons (Fsp3) is 0.500. The quantitative estimate of drug-likeness (QED) is 0.364. The van der Waals surface area contributed by atoms with Crippen molar-refractivity contribution >= 4 is 118 Å². The van der Waals surface area contributed by atoms with Gasteiger partial charge in [-0.1, -0.05) is 0 Å². The minimum absolute atomic E-state index is 0. The van der Waals surface area contributed by atoms with Crippen LogP contribution in [0.2, 0.25) is 0 Å². The molecule has 1 aliphatic rings. The van der Waals surface area contributed by atoms with Gasteiger partial charge in [-0.25, -0.2) is 4.79 Å². The van der Waals surface area contributed by atoms with Gasteiger partial charge in [0.1, 0.15) is 11.8 Å². The first kappa shape index (κ1) is 28.3. The van der Waals surface area contributed by atoms with Gasteiger partial charge in [-0.2, -0.15) is 0 Å². The molecule has 0 bridgehead atoms. The summed E-state index contributed by atoms with van der Waals surface area (Å²) in [7, 11) is 0. The third kappa shape index (κ3) is 7.95. The van der Waals surface area contributed by atoms with E-state index < -0.39 is 48.1 Å². The number of carboxylic acid groups (broad SMARTS) is 4. The summed E-state index contributed by atoms with van der Waals surface area (Å²) >= 11 is 0. The van der Waals surface area contributed by atoms with E-state index in [1.54, 1.807) is 0 Å². The number of nitrogens with zero attached hydrogens (tertiary/aromatic N) is 2. The molecule has 23 heavy (non-hydrogen) atoms. The topological polar surface area (TPSA) is 165 Å². The summed E-state index contributed by atoms with van der Waals surface area (Å²) in [5, 5.41) is 35.7. The molecule has 0 saturated carbocycles. The Morgan fingerprint density at radius 2 is 1.61 bits per heavy atom.